The Labute approximate surface area is 102 Å². The summed E-state index contributed by atoms with van der Waals surface area (Å²) in [5, 5.41) is 10.4. The third-order valence-electron chi connectivity index (χ3n) is 1.76. The van der Waals surface area contributed by atoms with Gasteiger partial charge in [0.1, 0.15) is 5.75 Å². The molecule has 0 spiro atoms. The first-order chi connectivity index (χ1) is 8.04. The molecule has 0 aliphatic carbocycles. The van der Waals surface area contributed by atoms with E-state index in [0.29, 0.717) is 0 Å². The number of nitro groups is 1. The Morgan fingerprint density at radius 1 is 1.47 bits per heavy atom. The largest absolute Gasteiger partial charge is 0.463 e. The molecule has 1 atom stereocenters. The Bertz CT molecular complexity index is 406. The molecule has 0 bridgehead atoms. The molecule has 0 aliphatic rings. The summed E-state index contributed by atoms with van der Waals surface area (Å²) < 4.78 is 9.67. The highest BCUT2D eigenvalue weighted by molar-refractivity contribution is 6.28. The number of ether oxygens (including phenoxy) is 2. The molecule has 7 heteroatoms. The van der Waals surface area contributed by atoms with Crippen molar-refractivity contribution >= 4 is 23.3 Å². The zero-order chi connectivity index (χ0) is 12.8. The predicted octanol–water partition coefficient (Wildman–Crippen LogP) is 2.10. The highest BCUT2D eigenvalue weighted by atomic mass is 35.5. The maximum atomic E-state index is 11.1. The van der Waals surface area contributed by atoms with Crippen LogP contribution in [0.25, 0.3) is 0 Å². The molecule has 0 amide bonds. The third kappa shape index (κ3) is 3.92. The van der Waals surface area contributed by atoms with Gasteiger partial charge in [0.2, 0.25) is 0 Å². The summed E-state index contributed by atoms with van der Waals surface area (Å²) in [5.41, 5.74) is -1.34. The average molecular weight is 260 g/mol. The molecule has 0 radical (unpaired) electrons. The first-order valence-corrected chi connectivity index (χ1v) is 5.20. The quantitative estimate of drug-likeness (QED) is 0.350. The number of carbonyl (C=O) groups excluding carboxylic acids is 1. The van der Waals surface area contributed by atoms with Crippen LogP contribution in [0.4, 0.5) is 5.69 Å². The number of esters is 1. The van der Waals surface area contributed by atoms with E-state index < -0.39 is 16.5 Å². The van der Waals surface area contributed by atoms with Crippen LogP contribution in [-0.2, 0) is 9.53 Å². The first-order valence-electron chi connectivity index (χ1n) is 4.76. The molecule has 1 rings (SSSR count). The minimum absolute atomic E-state index is 0.0698. The van der Waals surface area contributed by atoms with Gasteiger partial charge in [-0.3, -0.25) is 10.1 Å². The van der Waals surface area contributed by atoms with Crippen LogP contribution in [0.5, 0.6) is 5.75 Å². The number of hydrogen-bond acceptors (Lipinski definition) is 5. The van der Waals surface area contributed by atoms with Gasteiger partial charge in [-0.1, -0.05) is 11.6 Å². The van der Waals surface area contributed by atoms with Gasteiger partial charge in [0.15, 0.2) is 0 Å². The maximum Gasteiger partial charge on any atom is 0.363 e. The minimum atomic E-state index is -1.27. The smallest absolute Gasteiger partial charge is 0.363 e. The second-order valence-electron chi connectivity index (χ2n) is 2.94. The number of nitrogens with zero attached hydrogens (tertiary/aromatic N) is 1. The summed E-state index contributed by atoms with van der Waals surface area (Å²) in [6, 6.07) is 5.22. The van der Waals surface area contributed by atoms with Crippen LogP contribution >= 0.6 is 11.6 Å². The monoisotopic (exact) mass is 259 g/mol. The molecule has 0 saturated heterocycles. The lowest BCUT2D eigenvalue weighted by molar-refractivity contribution is -0.384. The van der Waals surface area contributed by atoms with E-state index in [1.54, 1.807) is 6.92 Å². The van der Waals surface area contributed by atoms with E-state index in [1.807, 2.05) is 0 Å². The van der Waals surface area contributed by atoms with Crippen LogP contribution < -0.4 is 4.74 Å². The number of benzene rings is 1. The minimum Gasteiger partial charge on any atom is -0.463 e. The summed E-state index contributed by atoms with van der Waals surface area (Å²) in [7, 11) is 0. The van der Waals surface area contributed by atoms with E-state index >= 15 is 0 Å². The van der Waals surface area contributed by atoms with Crippen molar-refractivity contribution in [1.82, 2.24) is 0 Å². The Hall–Kier alpha value is -1.82. The number of nitro benzene ring substituents is 1. The normalized spacial score (nSPS) is 11.6. The second kappa shape index (κ2) is 6.05. The molecule has 0 N–H and O–H groups in total. The molecular formula is C10H10ClNO5. The Balaban J connectivity index is 2.63. The first kappa shape index (κ1) is 13.2. The van der Waals surface area contributed by atoms with Gasteiger partial charge in [-0.25, -0.2) is 4.79 Å². The van der Waals surface area contributed by atoms with Crippen molar-refractivity contribution in [3.8, 4) is 5.75 Å². The van der Waals surface area contributed by atoms with E-state index in [0.717, 1.165) is 0 Å². The zero-order valence-electron chi connectivity index (χ0n) is 8.96. The molecule has 0 fully saturated rings. The molecule has 0 heterocycles. The fraction of sp³-hybridized carbons (Fsp3) is 0.300. The summed E-state index contributed by atoms with van der Waals surface area (Å²) >= 11 is 5.62. The van der Waals surface area contributed by atoms with Crippen molar-refractivity contribution in [2.45, 2.75) is 12.5 Å². The van der Waals surface area contributed by atoms with Gasteiger partial charge in [0, 0.05) is 12.1 Å². The van der Waals surface area contributed by atoms with Crippen LogP contribution in [-0.4, -0.2) is 23.1 Å². The van der Waals surface area contributed by atoms with E-state index in [-0.39, 0.29) is 18.0 Å². The van der Waals surface area contributed by atoms with Gasteiger partial charge in [0.05, 0.1) is 11.5 Å². The van der Waals surface area contributed by atoms with Gasteiger partial charge >= 0.3 is 5.97 Å². The molecular weight excluding hydrogens is 250 g/mol. The SMILES string of the molecule is CCOC(=O)C(Cl)Oc1ccc([N+](=O)[O-])cc1. The predicted molar refractivity (Wildman–Crippen MR) is 60.0 cm³/mol. The molecule has 0 saturated carbocycles. The fourth-order valence-electron chi connectivity index (χ4n) is 1.02. The van der Waals surface area contributed by atoms with Crippen molar-refractivity contribution in [3.05, 3.63) is 34.4 Å². The summed E-state index contributed by atoms with van der Waals surface area (Å²) in [4.78, 5) is 21.0. The van der Waals surface area contributed by atoms with E-state index in [4.69, 9.17) is 16.3 Å². The van der Waals surface area contributed by atoms with E-state index in [9.17, 15) is 14.9 Å². The van der Waals surface area contributed by atoms with Crippen molar-refractivity contribution < 1.29 is 19.2 Å². The third-order valence-corrected chi connectivity index (χ3v) is 2.03. The van der Waals surface area contributed by atoms with Crippen molar-refractivity contribution in [2.24, 2.45) is 0 Å². The number of hydrogen-bond donors (Lipinski definition) is 0. The van der Waals surface area contributed by atoms with Crippen LogP contribution in [0.3, 0.4) is 0 Å². The summed E-state index contributed by atoms with van der Waals surface area (Å²) in [6.45, 7) is 1.85. The van der Waals surface area contributed by atoms with E-state index in [2.05, 4.69) is 4.74 Å². The van der Waals surface area contributed by atoms with Crippen molar-refractivity contribution in [3.63, 3.8) is 0 Å². The summed E-state index contributed by atoms with van der Waals surface area (Å²) in [6.07, 6.45) is 0. The second-order valence-corrected chi connectivity index (χ2v) is 3.33. The topological polar surface area (TPSA) is 78.7 Å². The number of rotatable bonds is 5. The van der Waals surface area contributed by atoms with Gasteiger partial charge in [0.25, 0.3) is 11.3 Å². The van der Waals surface area contributed by atoms with Crippen LogP contribution in [0.15, 0.2) is 24.3 Å². The Morgan fingerprint density at radius 2 is 2.06 bits per heavy atom. The molecule has 0 aliphatic heterocycles. The lowest BCUT2D eigenvalue weighted by Gasteiger charge is -2.10. The van der Waals surface area contributed by atoms with E-state index in [1.165, 1.54) is 24.3 Å². The lowest BCUT2D eigenvalue weighted by atomic mass is 10.3. The Morgan fingerprint density at radius 3 is 2.53 bits per heavy atom. The zero-order valence-corrected chi connectivity index (χ0v) is 9.72. The van der Waals surface area contributed by atoms with Crippen LogP contribution in [0.2, 0.25) is 0 Å². The van der Waals surface area contributed by atoms with Crippen LogP contribution in [0, 0.1) is 10.1 Å². The maximum absolute atomic E-state index is 11.1. The number of carbonyl (C=O) groups is 1. The van der Waals surface area contributed by atoms with Gasteiger partial charge in [-0.15, -0.1) is 0 Å². The highest BCUT2D eigenvalue weighted by Gasteiger charge is 2.18. The van der Waals surface area contributed by atoms with Gasteiger partial charge < -0.3 is 9.47 Å². The molecule has 0 aromatic heterocycles. The lowest BCUT2D eigenvalue weighted by Crippen LogP contribution is -2.23. The molecule has 1 aromatic carbocycles. The Kier molecular flexibility index (Phi) is 4.71. The molecule has 1 unspecified atom stereocenters. The standard InChI is InChI=1S/C10H10ClNO5/c1-2-16-10(13)9(11)17-8-5-3-7(4-6-8)12(14)15/h3-6,9H,2H2,1H3. The summed E-state index contributed by atoms with van der Waals surface area (Å²) in [5.74, 6) is -0.448. The molecule has 6 nitrogen and oxygen atoms in total. The highest BCUT2D eigenvalue weighted by Crippen LogP contribution is 2.19. The molecule has 92 valence electrons. The molecule has 17 heavy (non-hydrogen) atoms. The van der Waals surface area contributed by atoms with Gasteiger partial charge in [-0.05, 0) is 19.1 Å². The fourth-order valence-corrected chi connectivity index (χ4v) is 1.19. The number of non-ortho nitro benzene ring substituents is 1. The number of alkyl halides is 1. The van der Waals surface area contributed by atoms with Crippen molar-refractivity contribution in [1.29, 1.82) is 0 Å². The van der Waals surface area contributed by atoms with Crippen LogP contribution in [0.1, 0.15) is 6.92 Å². The van der Waals surface area contributed by atoms with Gasteiger partial charge in [-0.2, -0.15) is 0 Å². The average Bonchev–Trinajstić information content (AvgIpc) is 2.30. The van der Waals surface area contributed by atoms with Crippen molar-refractivity contribution in [2.75, 3.05) is 6.61 Å². The molecule has 1 aromatic rings. The number of halogens is 1.